The maximum absolute atomic E-state index is 9.45. The minimum Gasteiger partial charge on any atom is -0.278 e. The highest BCUT2D eigenvalue weighted by molar-refractivity contribution is 6.17. The Labute approximate surface area is 127 Å². The molecular formula is C16H13ClN4. The molecule has 0 atom stereocenters. The fourth-order valence-electron chi connectivity index (χ4n) is 2.43. The largest absolute Gasteiger partial charge is 0.278 e. The predicted octanol–water partition coefficient (Wildman–Crippen LogP) is 3.65. The Morgan fingerprint density at radius 3 is 2.71 bits per heavy atom. The molecule has 4 nitrogen and oxygen atoms in total. The molecule has 0 fully saturated rings. The number of fused-ring (bicyclic) bond motifs is 1. The number of pyridine rings is 1. The molecule has 2 heterocycles. The first kappa shape index (κ1) is 13.6. The van der Waals surface area contributed by atoms with Crippen molar-refractivity contribution in [2.45, 2.75) is 19.7 Å². The van der Waals surface area contributed by atoms with E-state index in [0.29, 0.717) is 11.4 Å². The van der Waals surface area contributed by atoms with Gasteiger partial charge in [-0.15, -0.1) is 11.6 Å². The van der Waals surface area contributed by atoms with Crippen LogP contribution in [0, 0.1) is 25.2 Å². The van der Waals surface area contributed by atoms with Gasteiger partial charge in [0.05, 0.1) is 17.1 Å². The number of imidazole rings is 1. The summed E-state index contributed by atoms with van der Waals surface area (Å²) < 4.78 is 1.88. The molecule has 5 heteroatoms. The summed E-state index contributed by atoms with van der Waals surface area (Å²) in [5.74, 6) is 0.945. The molecule has 1 aromatic carbocycles. The summed E-state index contributed by atoms with van der Waals surface area (Å²) >= 11 is 6.03. The molecule has 104 valence electrons. The summed E-state index contributed by atoms with van der Waals surface area (Å²) in [7, 11) is 0. The highest BCUT2D eigenvalue weighted by Gasteiger charge is 2.16. The van der Waals surface area contributed by atoms with Crippen LogP contribution in [0.2, 0.25) is 0 Å². The monoisotopic (exact) mass is 296 g/mol. The van der Waals surface area contributed by atoms with Crippen LogP contribution >= 0.6 is 11.6 Å². The average Bonchev–Trinajstić information content (AvgIpc) is 2.84. The van der Waals surface area contributed by atoms with Gasteiger partial charge in [0.2, 0.25) is 0 Å². The van der Waals surface area contributed by atoms with Crippen molar-refractivity contribution in [3.05, 3.63) is 53.0 Å². The van der Waals surface area contributed by atoms with Gasteiger partial charge < -0.3 is 0 Å². The van der Waals surface area contributed by atoms with E-state index in [4.69, 9.17) is 11.6 Å². The van der Waals surface area contributed by atoms with E-state index in [1.54, 1.807) is 0 Å². The quantitative estimate of drug-likeness (QED) is 0.678. The lowest BCUT2D eigenvalue weighted by atomic mass is 10.1. The van der Waals surface area contributed by atoms with Crippen LogP contribution in [0.25, 0.3) is 16.9 Å². The van der Waals surface area contributed by atoms with E-state index in [2.05, 4.69) is 16.0 Å². The number of hydrogen-bond donors (Lipinski definition) is 0. The summed E-state index contributed by atoms with van der Waals surface area (Å²) in [5.41, 5.74) is 4.72. The number of aryl methyl sites for hydroxylation is 2. The molecule has 0 saturated carbocycles. The standard InChI is InChI=1S/C16H13ClN4/c1-10-4-3-5-14(12(10)9-18)21-15(8-17)20-13-7-6-11(2)19-16(13)21/h3-7H,8H2,1-2H3. The van der Waals surface area contributed by atoms with Crippen molar-refractivity contribution in [2.75, 3.05) is 0 Å². The van der Waals surface area contributed by atoms with E-state index < -0.39 is 0 Å². The van der Waals surface area contributed by atoms with Gasteiger partial charge in [0.1, 0.15) is 17.4 Å². The molecule has 21 heavy (non-hydrogen) atoms. The van der Waals surface area contributed by atoms with Gasteiger partial charge in [-0.1, -0.05) is 12.1 Å². The van der Waals surface area contributed by atoms with Crippen LogP contribution < -0.4 is 0 Å². The molecule has 0 unspecified atom stereocenters. The van der Waals surface area contributed by atoms with Crippen molar-refractivity contribution in [1.29, 1.82) is 5.26 Å². The van der Waals surface area contributed by atoms with Gasteiger partial charge >= 0.3 is 0 Å². The third-order valence-corrected chi connectivity index (χ3v) is 3.68. The van der Waals surface area contributed by atoms with Crippen molar-refractivity contribution in [1.82, 2.24) is 14.5 Å². The Balaban J connectivity index is 2.42. The lowest BCUT2D eigenvalue weighted by Crippen LogP contribution is -2.04. The Morgan fingerprint density at radius 2 is 2.00 bits per heavy atom. The fourth-order valence-corrected chi connectivity index (χ4v) is 2.60. The van der Waals surface area contributed by atoms with Crippen molar-refractivity contribution in [3.8, 4) is 11.8 Å². The molecular weight excluding hydrogens is 284 g/mol. The summed E-state index contributed by atoms with van der Waals surface area (Å²) in [6, 6.07) is 11.8. The smallest absolute Gasteiger partial charge is 0.165 e. The van der Waals surface area contributed by atoms with Gasteiger partial charge in [-0.05, 0) is 37.6 Å². The van der Waals surface area contributed by atoms with E-state index in [1.165, 1.54) is 0 Å². The molecule has 0 aliphatic rings. The Morgan fingerprint density at radius 1 is 1.19 bits per heavy atom. The normalized spacial score (nSPS) is 10.8. The summed E-state index contributed by atoms with van der Waals surface area (Å²) in [6.07, 6.45) is 0. The Hall–Kier alpha value is -2.38. The lowest BCUT2D eigenvalue weighted by molar-refractivity contribution is 0.961. The van der Waals surface area contributed by atoms with Gasteiger partial charge in [-0.25, -0.2) is 9.97 Å². The van der Waals surface area contributed by atoms with Gasteiger partial charge in [0.25, 0.3) is 0 Å². The van der Waals surface area contributed by atoms with Gasteiger partial charge in [0, 0.05) is 5.69 Å². The number of hydrogen-bond acceptors (Lipinski definition) is 3. The average molecular weight is 297 g/mol. The molecule has 0 amide bonds. The summed E-state index contributed by atoms with van der Waals surface area (Å²) in [4.78, 5) is 9.07. The SMILES string of the molecule is Cc1ccc2nc(CCl)n(-c3cccc(C)c3C#N)c2n1. The van der Waals surface area contributed by atoms with Crippen LogP contribution in [0.4, 0.5) is 0 Å². The highest BCUT2D eigenvalue weighted by Crippen LogP contribution is 2.25. The molecule has 0 radical (unpaired) electrons. The second-order valence-corrected chi connectivity index (χ2v) is 5.14. The third kappa shape index (κ3) is 2.16. The Kier molecular flexibility index (Phi) is 3.36. The fraction of sp³-hybridized carbons (Fsp3) is 0.188. The molecule has 2 aromatic heterocycles. The number of halogens is 1. The van der Waals surface area contributed by atoms with Crippen LogP contribution in [0.1, 0.15) is 22.6 Å². The Bertz CT molecular complexity index is 874. The molecule has 0 spiro atoms. The number of rotatable bonds is 2. The highest BCUT2D eigenvalue weighted by atomic mass is 35.5. The minimum atomic E-state index is 0.258. The van der Waals surface area contributed by atoms with Crippen molar-refractivity contribution >= 4 is 22.8 Å². The zero-order valence-electron chi connectivity index (χ0n) is 11.8. The third-order valence-electron chi connectivity index (χ3n) is 3.44. The number of aromatic nitrogens is 3. The summed E-state index contributed by atoms with van der Waals surface area (Å²) in [6.45, 7) is 3.85. The van der Waals surface area contributed by atoms with E-state index in [9.17, 15) is 5.26 Å². The van der Waals surface area contributed by atoms with Gasteiger partial charge in [0.15, 0.2) is 5.65 Å². The van der Waals surface area contributed by atoms with E-state index >= 15 is 0 Å². The second-order valence-electron chi connectivity index (χ2n) is 4.87. The van der Waals surface area contributed by atoms with Crippen LogP contribution in [-0.2, 0) is 5.88 Å². The maximum atomic E-state index is 9.45. The number of nitrogens with zero attached hydrogens (tertiary/aromatic N) is 4. The first-order valence-electron chi connectivity index (χ1n) is 6.56. The van der Waals surface area contributed by atoms with Crippen molar-refractivity contribution in [3.63, 3.8) is 0 Å². The topological polar surface area (TPSA) is 54.5 Å². The first-order chi connectivity index (χ1) is 10.2. The van der Waals surface area contributed by atoms with Gasteiger partial charge in [-0.2, -0.15) is 5.26 Å². The molecule has 0 bridgehead atoms. The number of benzene rings is 1. The molecule has 3 rings (SSSR count). The zero-order chi connectivity index (χ0) is 15.0. The predicted molar refractivity (Wildman–Crippen MR) is 82.6 cm³/mol. The minimum absolute atomic E-state index is 0.258. The van der Waals surface area contributed by atoms with E-state index in [1.807, 2.05) is 48.7 Å². The maximum Gasteiger partial charge on any atom is 0.165 e. The molecule has 0 aliphatic carbocycles. The number of nitriles is 1. The second kappa shape index (κ2) is 5.19. The molecule has 0 aliphatic heterocycles. The zero-order valence-corrected chi connectivity index (χ0v) is 12.5. The molecule has 0 saturated heterocycles. The van der Waals surface area contributed by atoms with Crippen molar-refractivity contribution in [2.24, 2.45) is 0 Å². The first-order valence-corrected chi connectivity index (χ1v) is 7.10. The van der Waals surface area contributed by atoms with E-state index in [0.717, 1.165) is 28.1 Å². The van der Waals surface area contributed by atoms with Crippen LogP contribution in [0.3, 0.4) is 0 Å². The van der Waals surface area contributed by atoms with Crippen LogP contribution in [0.5, 0.6) is 0 Å². The summed E-state index contributed by atoms with van der Waals surface area (Å²) in [5, 5.41) is 9.45. The molecule has 3 aromatic rings. The van der Waals surface area contributed by atoms with Crippen LogP contribution in [-0.4, -0.2) is 14.5 Å². The number of alkyl halides is 1. The molecule has 0 N–H and O–H groups in total. The van der Waals surface area contributed by atoms with E-state index in [-0.39, 0.29) is 5.88 Å². The van der Waals surface area contributed by atoms with Crippen LogP contribution in [0.15, 0.2) is 30.3 Å². The lowest BCUT2D eigenvalue weighted by Gasteiger charge is -2.11. The van der Waals surface area contributed by atoms with Gasteiger partial charge in [-0.3, -0.25) is 4.57 Å². The van der Waals surface area contributed by atoms with Crippen molar-refractivity contribution < 1.29 is 0 Å².